The Morgan fingerprint density at radius 2 is 1.84 bits per heavy atom. The molecule has 38 heavy (non-hydrogen) atoms. The number of aryl methyl sites for hydroxylation is 1. The molecule has 0 aliphatic carbocycles. The highest BCUT2D eigenvalue weighted by atomic mass is 35.5. The first kappa shape index (κ1) is 25.9. The summed E-state index contributed by atoms with van der Waals surface area (Å²) in [7, 11) is -3.90. The summed E-state index contributed by atoms with van der Waals surface area (Å²) in [6, 6.07) is 20.2. The van der Waals surface area contributed by atoms with Crippen LogP contribution in [-0.2, 0) is 26.0 Å². The molecule has 1 aliphatic rings. The van der Waals surface area contributed by atoms with Crippen molar-refractivity contribution in [2.75, 3.05) is 22.8 Å². The van der Waals surface area contributed by atoms with Gasteiger partial charge in [0, 0.05) is 22.5 Å². The monoisotopic (exact) mass is 567 g/mol. The van der Waals surface area contributed by atoms with Gasteiger partial charge in [-0.25, -0.2) is 18.2 Å². The second-order valence-corrected chi connectivity index (χ2v) is 11.6. The van der Waals surface area contributed by atoms with E-state index in [1.807, 2.05) is 30.3 Å². The number of ether oxygens (including phenoxy) is 1. The van der Waals surface area contributed by atoms with E-state index in [4.69, 9.17) is 16.3 Å². The number of sulfonamides is 1. The zero-order valence-corrected chi connectivity index (χ0v) is 22.4. The lowest BCUT2D eigenvalue weighted by molar-refractivity contribution is -0.119. The molecule has 4 aromatic rings. The molecule has 0 bridgehead atoms. The van der Waals surface area contributed by atoms with Gasteiger partial charge in [0.05, 0.1) is 21.8 Å². The molecule has 1 aliphatic heterocycles. The number of hydrogen-bond donors (Lipinski definition) is 1. The van der Waals surface area contributed by atoms with Crippen molar-refractivity contribution in [2.45, 2.75) is 17.7 Å². The molecule has 0 fully saturated rings. The number of carbonyl (C=O) groups excluding carboxylic acids is 2. The van der Waals surface area contributed by atoms with E-state index >= 15 is 0 Å². The van der Waals surface area contributed by atoms with Crippen LogP contribution in [0, 0.1) is 0 Å². The quantitative estimate of drug-likeness (QED) is 0.300. The van der Waals surface area contributed by atoms with Gasteiger partial charge in [0.1, 0.15) is 0 Å². The molecule has 0 spiro atoms. The smallest absolute Gasteiger partial charge is 0.338 e. The van der Waals surface area contributed by atoms with Crippen molar-refractivity contribution >= 4 is 55.7 Å². The molecule has 1 N–H and O–H groups in total. The predicted octanol–water partition coefficient (Wildman–Crippen LogP) is 5.40. The number of aromatic nitrogens is 1. The zero-order chi connectivity index (χ0) is 26.7. The summed E-state index contributed by atoms with van der Waals surface area (Å²) in [5.41, 5.74) is 2.98. The summed E-state index contributed by atoms with van der Waals surface area (Å²) in [5, 5.41) is 5.22. The number of nitrogens with zero attached hydrogens (tertiary/aromatic N) is 2. The number of fused-ring (bicyclic) bond motifs is 1. The minimum Gasteiger partial charge on any atom is -0.452 e. The van der Waals surface area contributed by atoms with Gasteiger partial charge in [0.2, 0.25) is 0 Å². The minimum atomic E-state index is -3.90. The Kier molecular flexibility index (Phi) is 7.46. The number of carbonyl (C=O) groups is 2. The lowest BCUT2D eigenvalue weighted by Gasteiger charge is -2.30. The summed E-state index contributed by atoms with van der Waals surface area (Å²) < 4.78 is 33.3. The Morgan fingerprint density at radius 1 is 1.05 bits per heavy atom. The molecule has 0 saturated carbocycles. The van der Waals surface area contributed by atoms with Gasteiger partial charge in [-0.1, -0.05) is 54.1 Å². The van der Waals surface area contributed by atoms with Crippen molar-refractivity contribution < 1.29 is 22.7 Å². The molecular weight excluding hydrogens is 546 g/mol. The van der Waals surface area contributed by atoms with E-state index in [0.29, 0.717) is 34.5 Å². The van der Waals surface area contributed by atoms with Gasteiger partial charge in [0.15, 0.2) is 11.7 Å². The number of hydrogen-bond acceptors (Lipinski definition) is 7. The number of benzene rings is 3. The van der Waals surface area contributed by atoms with Gasteiger partial charge in [-0.15, -0.1) is 11.3 Å². The highest BCUT2D eigenvalue weighted by Crippen LogP contribution is 2.32. The van der Waals surface area contributed by atoms with Gasteiger partial charge in [-0.3, -0.25) is 14.4 Å². The first-order valence-corrected chi connectivity index (χ1v) is 14.4. The van der Waals surface area contributed by atoms with Crippen molar-refractivity contribution in [1.29, 1.82) is 0 Å². The molecule has 3 aromatic carbocycles. The number of rotatable bonds is 7. The van der Waals surface area contributed by atoms with Crippen LogP contribution in [0.15, 0.2) is 83.1 Å². The first-order valence-electron chi connectivity index (χ1n) is 11.7. The molecule has 0 atom stereocenters. The fraction of sp³-hybridized carbons (Fsp3) is 0.148. The van der Waals surface area contributed by atoms with Crippen LogP contribution in [0.25, 0.3) is 11.3 Å². The number of esters is 1. The third-order valence-electron chi connectivity index (χ3n) is 5.96. The zero-order valence-electron chi connectivity index (χ0n) is 20.0. The normalized spacial score (nSPS) is 13.0. The molecule has 8 nitrogen and oxygen atoms in total. The van der Waals surface area contributed by atoms with E-state index in [1.54, 1.807) is 23.6 Å². The third kappa shape index (κ3) is 5.42. The second-order valence-electron chi connectivity index (χ2n) is 8.48. The van der Waals surface area contributed by atoms with Crippen LogP contribution in [0.5, 0.6) is 0 Å². The number of para-hydroxylation sites is 1. The van der Waals surface area contributed by atoms with Crippen LogP contribution < -0.4 is 9.62 Å². The van der Waals surface area contributed by atoms with Gasteiger partial charge in [-0.2, -0.15) is 0 Å². The fourth-order valence-electron chi connectivity index (χ4n) is 4.15. The molecule has 11 heteroatoms. The second kappa shape index (κ2) is 10.9. The molecule has 0 saturated heterocycles. The van der Waals surface area contributed by atoms with Gasteiger partial charge >= 0.3 is 5.97 Å². The van der Waals surface area contributed by atoms with E-state index in [9.17, 15) is 18.0 Å². The lowest BCUT2D eigenvalue weighted by atomic mass is 10.0. The Morgan fingerprint density at radius 3 is 2.68 bits per heavy atom. The predicted molar refractivity (Wildman–Crippen MR) is 147 cm³/mol. The number of halogens is 1. The van der Waals surface area contributed by atoms with Gasteiger partial charge in [-0.05, 0) is 48.7 Å². The topological polar surface area (TPSA) is 106 Å². The highest BCUT2D eigenvalue weighted by molar-refractivity contribution is 7.92. The van der Waals surface area contributed by atoms with Crippen molar-refractivity contribution in [3.05, 3.63) is 94.3 Å². The Hall–Kier alpha value is -3.73. The van der Waals surface area contributed by atoms with Crippen LogP contribution in [0.3, 0.4) is 0 Å². The largest absolute Gasteiger partial charge is 0.452 e. The molecule has 2 heterocycles. The number of nitrogens with one attached hydrogen (secondary N) is 1. The summed E-state index contributed by atoms with van der Waals surface area (Å²) >= 11 is 7.41. The maximum Gasteiger partial charge on any atom is 0.338 e. The Balaban J connectivity index is 1.23. The molecule has 0 unspecified atom stereocenters. The molecule has 0 radical (unpaired) electrons. The molecule has 194 valence electrons. The van der Waals surface area contributed by atoms with Crippen LogP contribution in [0.1, 0.15) is 22.3 Å². The third-order valence-corrected chi connectivity index (χ3v) is 8.86. The standard InChI is InChI=1S/C27H22ClN3O5S2/c28-22-12-3-2-11-21(22)23-17-37-27(29-23)30-25(32)16-36-26(33)19-8-5-10-20(15-19)38(34,35)31-14-6-9-18-7-1-4-13-24(18)31/h1-5,7-8,10-13,15,17H,6,9,14,16H2,(H,29,30,32). The minimum absolute atomic E-state index is 0.0250. The van der Waals surface area contributed by atoms with Crippen molar-refractivity contribution in [2.24, 2.45) is 0 Å². The number of thiazole rings is 1. The molecule has 1 aromatic heterocycles. The lowest BCUT2D eigenvalue weighted by Crippen LogP contribution is -2.35. The Bertz CT molecular complexity index is 1620. The maximum atomic E-state index is 13.4. The Labute approximate surface area is 228 Å². The van der Waals surface area contributed by atoms with Crippen LogP contribution in [0.2, 0.25) is 5.02 Å². The van der Waals surface area contributed by atoms with Crippen molar-refractivity contribution in [3.8, 4) is 11.3 Å². The van der Waals surface area contributed by atoms with E-state index < -0.39 is 28.5 Å². The van der Waals surface area contributed by atoms with Gasteiger partial charge in [0.25, 0.3) is 15.9 Å². The summed E-state index contributed by atoms with van der Waals surface area (Å²) in [6.45, 7) is -0.209. The molecular formula is C27H22ClN3O5S2. The maximum absolute atomic E-state index is 13.4. The molecule has 5 rings (SSSR count). The van der Waals surface area contributed by atoms with Crippen LogP contribution in [0.4, 0.5) is 10.8 Å². The van der Waals surface area contributed by atoms with Crippen LogP contribution >= 0.6 is 22.9 Å². The van der Waals surface area contributed by atoms with E-state index in [-0.39, 0.29) is 10.5 Å². The number of anilines is 2. The summed E-state index contributed by atoms with van der Waals surface area (Å²) in [5.74, 6) is -1.39. The van der Waals surface area contributed by atoms with E-state index in [0.717, 1.165) is 17.5 Å². The summed E-state index contributed by atoms with van der Waals surface area (Å²) in [6.07, 6.45) is 1.50. The number of amides is 1. The van der Waals surface area contributed by atoms with Crippen molar-refractivity contribution in [1.82, 2.24) is 4.98 Å². The molecule has 1 amide bonds. The average molecular weight is 568 g/mol. The van der Waals surface area contributed by atoms with Gasteiger partial charge < -0.3 is 4.74 Å². The first-order chi connectivity index (χ1) is 18.3. The van der Waals surface area contributed by atoms with Crippen molar-refractivity contribution in [3.63, 3.8) is 0 Å². The fourth-order valence-corrected chi connectivity index (χ4v) is 6.70. The van der Waals surface area contributed by atoms with E-state index in [1.165, 1.54) is 39.9 Å². The average Bonchev–Trinajstić information content (AvgIpc) is 3.39. The SMILES string of the molecule is O=C(COC(=O)c1cccc(S(=O)(=O)N2CCCc3ccccc32)c1)Nc1nc(-c2ccccc2Cl)cs1. The highest BCUT2D eigenvalue weighted by Gasteiger charge is 2.29. The van der Waals surface area contributed by atoms with Crippen LogP contribution in [-0.4, -0.2) is 38.4 Å². The van der Waals surface area contributed by atoms with E-state index in [2.05, 4.69) is 10.3 Å². The summed E-state index contributed by atoms with van der Waals surface area (Å²) in [4.78, 5) is 29.3.